The molecule has 0 aromatic heterocycles. The maximum atomic E-state index is 14.1. The zero-order valence-electron chi connectivity index (χ0n) is 31.0. The first-order chi connectivity index (χ1) is 26.7. The van der Waals surface area contributed by atoms with Crippen molar-refractivity contribution < 1.29 is 44.1 Å². The summed E-state index contributed by atoms with van der Waals surface area (Å²) in [5, 5.41) is 46.4. The van der Waals surface area contributed by atoms with Gasteiger partial charge in [-0.05, 0) is 79.0 Å². The average Bonchev–Trinajstić information content (AvgIpc) is 3.19. The van der Waals surface area contributed by atoms with E-state index in [1.807, 2.05) is 30.3 Å². The van der Waals surface area contributed by atoms with E-state index < -0.39 is 28.8 Å². The molecule has 1 heterocycles. The first-order valence-corrected chi connectivity index (χ1v) is 18.8. The number of fused-ring (bicyclic) bond motifs is 2. The normalized spacial score (nSPS) is 24.5. The Morgan fingerprint density at radius 3 is 2.47 bits per heavy atom. The molecule has 1 aliphatic heterocycles. The van der Waals surface area contributed by atoms with Crippen LogP contribution in [0.15, 0.2) is 102 Å². The van der Waals surface area contributed by atoms with Gasteiger partial charge in [0.25, 0.3) is 5.69 Å². The molecule has 1 fully saturated rings. The number of nitro groups is 1. The van der Waals surface area contributed by atoms with E-state index >= 15 is 0 Å². The number of ether oxygens (including phenoxy) is 3. The second-order valence-corrected chi connectivity index (χ2v) is 14.3. The molecule has 13 heteroatoms. The van der Waals surface area contributed by atoms with Gasteiger partial charge in [-0.2, -0.15) is 0 Å². The Hall–Kier alpha value is -5.24. The van der Waals surface area contributed by atoms with Crippen LogP contribution in [0.4, 0.5) is 10.5 Å². The van der Waals surface area contributed by atoms with Crippen LogP contribution in [0.2, 0.25) is 0 Å². The Morgan fingerprint density at radius 2 is 1.78 bits per heavy atom. The predicted octanol–water partition coefficient (Wildman–Crippen LogP) is 7.27. The van der Waals surface area contributed by atoms with E-state index in [4.69, 9.17) is 24.2 Å². The first-order valence-electron chi connectivity index (χ1n) is 18.8. The summed E-state index contributed by atoms with van der Waals surface area (Å²) in [7, 11) is 1.60. The lowest BCUT2D eigenvalue weighted by Gasteiger charge is -2.59. The lowest BCUT2D eigenvalue weighted by molar-refractivity contribution is -0.384. The number of unbranched alkanes of at least 4 members (excludes halogenated alkanes) is 2. The van der Waals surface area contributed by atoms with E-state index in [0.29, 0.717) is 24.3 Å². The van der Waals surface area contributed by atoms with Gasteiger partial charge in [0.15, 0.2) is 0 Å². The number of non-ortho nitro benzene ring substituents is 1. The molecular formula is C42H49N3O10. The van der Waals surface area contributed by atoms with Gasteiger partial charge in [-0.1, -0.05) is 60.5 Å². The van der Waals surface area contributed by atoms with Gasteiger partial charge in [0.1, 0.15) is 29.9 Å². The number of amides is 1. The fourth-order valence-electron chi connectivity index (χ4n) is 8.43. The van der Waals surface area contributed by atoms with Gasteiger partial charge in [0.05, 0.1) is 23.2 Å². The highest BCUT2D eigenvalue weighted by Gasteiger charge is 2.65. The molecule has 55 heavy (non-hydrogen) atoms. The van der Waals surface area contributed by atoms with Crippen LogP contribution in [0.25, 0.3) is 0 Å². The number of allylic oxidation sites excluding steroid dienone is 1. The van der Waals surface area contributed by atoms with Crippen LogP contribution in [0.1, 0.15) is 62.0 Å². The zero-order chi connectivity index (χ0) is 39.0. The Balaban J connectivity index is 1.50. The minimum atomic E-state index is -1.50. The number of phenols is 1. The summed E-state index contributed by atoms with van der Waals surface area (Å²) < 4.78 is 19.6. The monoisotopic (exact) mass is 755 g/mol. The number of hydrogen-bond donors (Lipinski definition) is 3. The van der Waals surface area contributed by atoms with Crippen LogP contribution in [0, 0.1) is 27.9 Å². The second-order valence-electron chi connectivity index (χ2n) is 14.3. The Kier molecular flexibility index (Phi) is 12.9. The molecule has 2 aliphatic carbocycles. The highest BCUT2D eigenvalue weighted by molar-refractivity contribution is 6.03. The number of oxime groups is 1. The summed E-state index contributed by atoms with van der Waals surface area (Å²) >= 11 is 0. The van der Waals surface area contributed by atoms with Crippen LogP contribution < -0.4 is 9.47 Å². The zero-order valence-corrected chi connectivity index (χ0v) is 31.0. The minimum Gasteiger partial charge on any atom is -0.508 e. The smallest absolute Gasteiger partial charge is 0.415 e. The van der Waals surface area contributed by atoms with E-state index in [2.05, 4.69) is 12.7 Å². The number of aliphatic hydroxyl groups is 2. The van der Waals surface area contributed by atoms with E-state index in [1.165, 1.54) is 29.2 Å². The van der Waals surface area contributed by atoms with Crippen molar-refractivity contribution in [2.75, 3.05) is 26.9 Å². The molecule has 6 rings (SSSR count). The molecule has 1 amide bonds. The van der Waals surface area contributed by atoms with Gasteiger partial charge in [-0.25, -0.2) is 4.79 Å². The number of aromatic hydroxyl groups is 1. The van der Waals surface area contributed by atoms with Crippen molar-refractivity contribution in [2.45, 2.75) is 69.3 Å². The number of carbonyl (C=O) groups is 1. The van der Waals surface area contributed by atoms with Gasteiger partial charge in [-0.3, -0.25) is 10.1 Å². The highest BCUT2D eigenvalue weighted by Crippen LogP contribution is 2.61. The van der Waals surface area contributed by atoms with Crippen LogP contribution in [-0.2, 0) is 16.2 Å². The lowest BCUT2D eigenvalue weighted by atomic mass is 9.55. The number of likely N-dealkylation sites (N-methyl/N-ethyl adjacent to an activating group) is 1. The van der Waals surface area contributed by atoms with E-state index in [-0.39, 0.29) is 67.8 Å². The van der Waals surface area contributed by atoms with Crippen molar-refractivity contribution in [3.05, 3.63) is 118 Å². The molecular weight excluding hydrogens is 706 g/mol. The number of nitrogens with zero attached hydrogens (tertiary/aromatic N) is 3. The fraction of sp³-hybridized carbons (Fsp3) is 0.429. The Bertz CT molecular complexity index is 1870. The van der Waals surface area contributed by atoms with E-state index in [1.54, 1.807) is 31.3 Å². The largest absolute Gasteiger partial charge is 0.508 e. The number of carbonyl (C=O) groups excluding carboxylic acids is 1. The topological polar surface area (TPSA) is 173 Å². The quantitative estimate of drug-likeness (QED) is 0.0551. The summed E-state index contributed by atoms with van der Waals surface area (Å²) in [6.45, 7) is 4.35. The van der Waals surface area contributed by atoms with Crippen molar-refractivity contribution in [3.8, 4) is 17.2 Å². The number of nitro benzene ring substituents is 1. The summed E-state index contributed by atoms with van der Waals surface area (Å²) in [6, 6.07) is 19.1. The molecule has 3 N–H and O–H groups in total. The van der Waals surface area contributed by atoms with Crippen molar-refractivity contribution in [3.63, 3.8) is 0 Å². The summed E-state index contributed by atoms with van der Waals surface area (Å²) in [5.74, 6) is -1.60. The highest BCUT2D eigenvalue weighted by atomic mass is 16.7. The lowest BCUT2D eigenvalue weighted by Crippen LogP contribution is -2.69. The van der Waals surface area contributed by atoms with Crippen LogP contribution in [0.5, 0.6) is 17.2 Å². The van der Waals surface area contributed by atoms with Crippen molar-refractivity contribution >= 4 is 17.5 Å². The van der Waals surface area contributed by atoms with Crippen LogP contribution >= 0.6 is 0 Å². The molecule has 3 aromatic carbocycles. The number of rotatable bonds is 17. The van der Waals surface area contributed by atoms with Crippen molar-refractivity contribution in [2.24, 2.45) is 22.9 Å². The Morgan fingerprint density at radius 1 is 1.05 bits per heavy atom. The maximum absolute atomic E-state index is 14.1. The van der Waals surface area contributed by atoms with Crippen molar-refractivity contribution in [1.29, 1.82) is 0 Å². The third kappa shape index (κ3) is 8.54. The SMILES string of the molecule is C=CCOC12Oc3ccc(O)cc3C3C(CCCCO)C(CCCCO)C=C(C(=NOCc4ccccc4)CC1N(C)C(=O)Oc1ccc([N+](=O)[O-])cc1)C32. The number of benzene rings is 3. The molecule has 0 radical (unpaired) electrons. The Labute approximate surface area is 320 Å². The van der Waals surface area contributed by atoms with E-state index in [0.717, 1.165) is 42.4 Å². The van der Waals surface area contributed by atoms with Gasteiger partial charge in [-0.15, -0.1) is 6.58 Å². The molecule has 0 saturated heterocycles. The molecule has 292 valence electrons. The van der Waals surface area contributed by atoms with E-state index in [9.17, 15) is 30.2 Å². The summed E-state index contributed by atoms with van der Waals surface area (Å²) in [4.78, 5) is 32.3. The van der Waals surface area contributed by atoms with Crippen LogP contribution in [-0.4, -0.2) is 75.6 Å². The molecule has 3 aromatic rings. The third-order valence-electron chi connectivity index (χ3n) is 10.9. The first kappa shape index (κ1) is 39.5. The molecule has 1 saturated carbocycles. The van der Waals surface area contributed by atoms with Gasteiger partial charge in [0, 0.05) is 50.3 Å². The third-order valence-corrected chi connectivity index (χ3v) is 10.9. The fourth-order valence-corrected chi connectivity index (χ4v) is 8.43. The summed E-state index contributed by atoms with van der Waals surface area (Å²) in [6.07, 6.45) is 7.62. The van der Waals surface area contributed by atoms with Crippen LogP contribution in [0.3, 0.4) is 0 Å². The maximum Gasteiger partial charge on any atom is 0.415 e. The predicted molar refractivity (Wildman–Crippen MR) is 205 cm³/mol. The number of phenolic OH excluding ortho intramolecular Hbond substituents is 1. The number of hydrogen-bond acceptors (Lipinski definition) is 11. The standard InChI is InChI=1S/C42H49N3O10/c1-3-23-52-42-38(44(2)41(49)54-32-18-15-30(16-19-32)45(50)51)26-36(43-53-27-28-11-5-4-6-12-28)34-24-29(13-7-9-21-46)33(14-8-10-22-47)39(40(34)42)35-25-31(48)17-20-37(35)55-42/h3-6,11-12,15-20,24-25,29,33,38-40,46-48H,1,7-10,13-14,21-23,26-27H2,2H3. The molecule has 13 nitrogen and oxygen atoms in total. The average molecular weight is 756 g/mol. The van der Waals surface area contributed by atoms with Gasteiger partial charge >= 0.3 is 6.09 Å². The second kappa shape index (κ2) is 17.9. The van der Waals surface area contributed by atoms with Crippen molar-refractivity contribution in [1.82, 2.24) is 4.90 Å². The minimum absolute atomic E-state index is 0.00208. The number of aliphatic hydroxyl groups excluding tert-OH is 2. The molecule has 0 bridgehead atoms. The molecule has 6 unspecified atom stereocenters. The molecule has 3 aliphatic rings. The van der Waals surface area contributed by atoms with Gasteiger partial charge < -0.3 is 39.3 Å². The summed E-state index contributed by atoms with van der Waals surface area (Å²) in [5.41, 5.74) is 3.06. The molecule has 0 spiro atoms. The molecule has 6 atom stereocenters. The van der Waals surface area contributed by atoms with Gasteiger partial charge in [0.2, 0.25) is 5.79 Å².